The Hall–Kier alpha value is -10.2. The van der Waals surface area contributed by atoms with E-state index in [1.165, 1.54) is 122 Å². The fourth-order valence-corrected chi connectivity index (χ4v) is 19.4. The summed E-state index contributed by atoms with van der Waals surface area (Å²) in [6.07, 6.45) is 0.896. The summed E-state index contributed by atoms with van der Waals surface area (Å²) in [7, 11) is -15.1. The molecule has 5 fully saturated rings. The number of amides is 2. The zero-order valence-electron chi connectivity index (χ0n) is 74.1. The largest absolute Gasteiger partial charge is 0.387 e. The number of aliphatic hydroxyl groups is 2. The van der Waals surface area contributed by atoms with E-state index >= 15 is 0 Å². The van der Waals surface area contributed by atoms with Crippen LogP contribution in [0.3, 0.4) is 0 Å². The van der Waals surface area contributed by atoms with Crippen molar-refractivity contribution in [2.24, 2.45) is 63.3 Å². The number of halogens is 10. The second-order valence-corrected chi connectivity index (χ2v) is 43.1. The van der Waals surface area contributed by atoms with Crippen molar-refractivity contribution in [3.8, 4) is 0 Å². The Bertz CT molecular complexity index is 6820. The number of urea groups is 1. The van der Waals surface area contributed by atoms with Gasteiger partial charge in [-0.05, 0) is 261 Å². The Kier molecular flexibility index (Phi) is 37.8. The average Bonchev–Trinajstić information content (AvgIpc) is 1.76. The monoisotopic (exact) mass is 2420 g/mol. The molecule has 54 nitrogen and oxygen atoms in total. The van der Waals surface area contributed by atoms with Gasteiger partial charge in [-0.3, -0.25) is 53.4 Å². The second-order valence-electron chi connectivity index (χ2n) is 30.6. The van der Waals surface area contributed by atoms with Gasteiger partial charge in [0.2, 0.25) is 17.5 Å². The molecule has 1 unspecified atom stereocenters. The number of likely N-dealkylation sites (tertiary alicyclic amines) is 1. The third-order valence-corrected chi connectivity index (χ3v) is 28.9. The zero-order chi connectivity index (χ0) is 104. The molecule has 0 saturated carbocycles. The molecule has 0 radical (unpaired) electrons. The lowest BCUT2D eigenvalue weighted by Gasteiger charge is -2.46. The standard InChI is InChI=1S/C17H21BrFN7O4.C14H17BrFN7O5S.C14H16BrFN6O4S2.C13H15BrFN7O4S.C13H14BrFN6O4S2/c1-9(2)21-16(27)26-7-17(28,8-26)6-20-14-13(24-30-25-14)15(23-29)22-10-3-4-12(19)11(18)5-10;15-9-5-8(1-2-10(9)16)19-13(20-25)11-12(22-28-21-11)18-6-14(24)3-4-23(7-14)29(17,26)27;15-10-5-9(1-2-11(10)16)18-13(19-23)12-14(21-26-20-12)27-4-3-8-6-22(7-8)28(17,24)25;14-9-3-8(1-2-10(9)15)18-13(19-23)11-12(21-26-20-11)17-4-7-5-22(6-7)27(16,24)25;14-9-3-8(1-2-10(9)15)17-12(18-22)11-13(20-25-19-11)26-6-7-4-21(5-7)27(16,23)24/h3-5,9,28-29H,6-8H2,1-2H3,(H,20,25)(H,21,27)(H,22,23);1-2,5,24-25H,3-4,6-7H2,(H,18,22)(H,19,20)(H2,17,26,27);1-2,5,8,23H,3-4,6-7H2,(H,18,19)(H2,17,24,25);1-3,7,23H,4-6H2,(H,17,21)(H,18,19)(H2,16,24,25);1-3,7,22H,4-6H2,(H,17,18)(H2,16,23,24)/i;;;4D2;. The first kappa shape index (κ1) is 108. The molecule has 764 valence electrons. The van der Waals surface area contributed by atoms with Crippen LogP contribution in [0.2, 0.25) is 0 Å². The highest BCUT2D eigenvalue weighted by molar-refractivity contribution is 9.11. The van der Waals surface area contributed by atoms with Crippen LogP contribution in [0, 0.1) is 46.8 Å². The quantitative estimate of drug-likeness (QED) is 0.00876. The highest BCUT2D eigenvalue weighted by Gasteiger charge is 2.45. The van der Waals surface area contributed by atoms with Gasteiger partial charge in [0, 0.05) is 98.2 Å². The smallest absolute Gasteiger partial charge is 0.317 e. The maximum Gasteiger partial charge on any atom is 0.317 e. The van der Waals surface area contributed by atoms with E-state index < -0.39 is 93.5 Å². The molecule has 5 aliphatic rings. The van der Waals surface area contributed by atoms with Gasteiger partial charge in [0.25, 0.3) is 40.8 Å². The Morgan fingerprint density at radius 3 is 1.08 bits per heavy atom. The number of aliphatic imine (C=N–C) groups is 5. The molecule has 10 aromatic rings. The minimum Gasteiger partial charge on any atom is -0.387 e. The van der Waals surface area contributed by atoms with Crippen LogP contribution in [-0.4, -0.2) is 293 Å². The number of nitrogens with two attached hydrogens (primary N) is 4. The molecule has 2 amide bonds. The van der Waals surface area contributed by atoms with E-state index in [1.807, 2.05) is 41.2 Å². The van der Waals surface area contributed by atoms with Crippen LogP contribution in [0.15, 0.2) is 172 Å². The number of nitrogens with zero attached hydrogens (tertiary/aromatic N) is 20. The lowest BCUT2D eigenvalue weighted by molar-refractivity contribution is -0.0652. The first-order valence-corrected chi connectivity index (χ1v) is 51.8. The molecule has 70 heteroatoms. The summed E-state index contributed by atoms with van der Waals surface area (Å²) in [5.74, 6) is -2.12. The van der Waals surface area contributed by atoms with Gasteiger partial charge >= 0.3 is 6.03 Å². The summed E-state index contributed by atoms with van der Waals surface area (Å²) >= 11 is 17.9. The molecule has 5 saturated heterocycles. The predicted octanol–water partition coefficient (Wildman–Crippen LogP) is 5.16. The first-order chi connectivity index (χ1) is 67.4. The van der Waals surface area contributed by atoms with E-state index in [0.29, 0.717) is 70.5 Å². The number of hydrogen-bond acceptors (Lipinski definition) is 41. The van der Waals surface area contributed by atoms with Crippen LogP contribution in [0.4, 0.5) is 72.6 Å². The minimum absolute atomic E-state index is 0.00139. The number of hydroxylamine groups is 5. The molecule has 0 aliphatic carbocycles. The summed E-state index contributed by atoms with van der Waals surface area (Å²) in [5, 5.41) is 137. The van der Waals surface area contributed by atoms with Crippen molar-refractivity contribution in [2.75, 3.05) is 112 Å². The van der Waals surface area contributed by atoms with Crippen molar-refractivity contribution in [2.45, 2.75) is 54.0 Å². The zero-order valence-corrected chi connectivity index (χ0v) is 84.9. The third-order valence-electron chi connectivity index (χ3n) is 19.6. The van der Waals surface area contributed by atoms with Crippen molar-refractivity contribution < 1.29 is 123 Å². The number of rotatable bonds is 31. The second kappa shape index (κ2) is 49.4. The van der Waals surface area contributed by atoms with Crippen LogP contribution in [0.1, 0.15) is 57.9 Å². The Morgan fingerprint density at radius 1 is 0.447 bits per heavy atom. The van der Waals surface area contributed by atoms with E-state index in [4.69, 9.17) is 37.2 Å². The van der Waals surface area contributed by atoms with E-state index in [0.717, 1.165) is 21.1 Å². The molecular weight excluding hydrogens is 2340 g/mol. The number of β-amino-alcohol motifs (C(OH)–C–C–N with tert-alkyl or cyclic N) is 2. The Balaban J connectivity index is 0.000000171. The molecule has 0 bridgehead atoms. The van der Waals surface area contributed by atoms with E-state index in [9.17, 15) is 96.7 Å². The topological polar surface area (TPSA) is 780 Å². The number of benzene rings is 5. The normalized spacial score (nSPS) is 17.4. The molecule has 15 rings (SSSR count). The summed E-state index contributed by atoms with van der Waals surface area (Å²) in [4.78, 5) is 34.1. The average molecular weight is 2420 g/mol. The number of carbonyl (C=O) groups excluding carboxylic acids is 1. The molecule has 0 spiro atoms. The van der Waals surface area contributed by atoms with Crippen LogP contribution >= 0.6 is 103 Å². The fraction of sp³-hybridized carbons (Fsp3) is 0.352. The number of amidine groups is 5. The van der Waals surface area contributed by atoms with Gasteiger partial charge in [-0.15, -0.1) is 23.5 Å². The molecule has 5 aromatic heterocycles. The summed E-state index contributed by atoms with van der Waals surface area (Å²) in [6.45, 7) is 2.93. The van der Waals surface area contributed by atoms with Crippen molar-refractivity contribution in [1.82, 2.24) is 106 Å². The summed E-state index contributed by atoms with van der Waals surface area (Å²) in [5.41, 5.74) is 8.77. The molecule has 1 atom stereocenters. The van der Waals surface area contributed by atoms with Gasteiger partial charge in [0.05, 0.1) is 69.5 Å². The number of nitrogens with one attached hydrogen (secondary N) is 9. The number of hydrogen-bond donors (Lipinski definition) is 20. The van der Waals surface area contributed by atoms with Crippen LogP contribution < -0.4 is 69.2 Å². The van der Waals surface area contributed by atoms with Gasteiger partial charge < -0.3 is 36.4 Å². The maximum absolute atomic E-state index is 13.4. The number of thioether (sulfide) groups is 2. The Labute approximate surface area is 848 Å². The van der Waals surface area contributed by atoms with Crippen molar-refractivity contribution in [3.05, 3.63) is 171 Å². The maximum atomic E-state index is 13.4. The fourth-order valence-electron chi connectivity index (χ4n) is 12.4. The summed E-state index contributed by atoms with van der Waals surface area (Å²) < 4.78 is 202. The first-order valence-electron chi connectivity index (χ1n) is 40.9. The highest BCUT2D eigenvalue weighted by atomic mass is 79.9. The molecule has 5 aliphatic heterocycles. The van der Waals surface area contributed by atoms with Crippen molar-refractivity contribution in [1.29, 1.82) is 0 Å². The van der Waals surface area contributed by atoms with Gasteiger partial charge in [0.1, 0.15) is 34.7 Å². The van der Waals surface area contributed by atoms with Crippen LogP contribution in [0.25, 0.3) is 0 Å². The number of carbonyl (C=O) groups is 1. The van der Waals surface area contributed by atoms with Gasteiger partial charge in [-0.1, -0.05) is 0 Å². The minimum atomic E-state index is -3.91. The SMILES string of the molecule is CC(C)NC(=O)N1CC(O)(CNc2nonc2C(=Nc2ccc(F)c(Br)c2)NO)C1.NS(=O)(=O)N1CC(CCSc2nonc2C(=Nc2ccc(F)c(Br)c2)NO)C1.NS(=O)(=O)N1CC(CSc2nonc2C(=Nc2ccc(F)c(Br)c2)NO)C1.NS(=O)(=O)N1CCC(O)(CNc2nonc2C(=Nc2ccc(F)c(Br)c2)NO)C1.[2H]C([2H])(Nc1nonc1C(=Nc1ccc(F)c(Br)c1)NO)C1CN(S(N)(=O)=O)C1. The molecular formula is C71H83Br5F5N33O21S6. The van der Waals surface area contributed by atoms with Crippen molar-refractivity contribution in [3.63, 3.8) is 0 Å². The molecule has 10 heterocycles. The molecule has 5 aromatic carbocycles. The molecule has 24 N–H and O–H groups in total. The Morgan fingerprint density at radius 2 is 0.752 bits per heavy atom. The van der Waals surface area contributed by atoms with E-state index in [-0.39, 0.29) is 186 Å². The molecule has 141 heavy (non-hydrogen) atoms. The lowest BCUT2D eigenvalue weighted by atomic mass is 9.94. The van der Waals surface area contributed by atoms with Gasteiger partial charge in [-0.25, -0.2) is 95.4 Å². The predicted molar refractivity (Wildman–Crippen MR) is 508 cm³/mol. The van der Waals surface area contributed by atoms with Gasteiger partial charge in [-0.2, -0.15) is 50.9 Å². The highest BCUT2D eigenvalue weighted by Crippen LogP contribution is 2.35. The van der Waals surface area contributed by atoms with Crippen LogP contribution in [0.5, 0.6) is 0 Å². The third kappa shape index (κ3) is 31.4. The lowest BCUT2D eigenvalue weighted by Crippen LogP contribution is -2.68. The summed E-state index contributed by atoms with van der Waals surface area (Å²) in [6, 6.07) is 19.8. The van der Waals surface area contributed by atoms with Crippen molar-refractivity contribution >= 4 is 225 Å². The van der Waals surface area contributed by atoms with Gasteiger partial charge in [0.15, 0.2) is 67.7 Å². The van der Waals surface area contributed by atoms with E-state index in [2.05, 4.69) is 187 Å². The van der Waals surface area contributed by atoms with E-state index in [1.54, 1.807) is 0 Å². The number of anilines is 3. The number of aromatic nitrogens is 10. The van der Waals surface area contributed by atoms with Crippen LogP contribution in [-0.2, 0) is 40.8 Å².